The number of anilines is 1. The van der Waals surface area contributed by atoms with Gasteiger partial charge < -0.3 is 16.4 Å². The molecule has 0 aliphatic rings. The molecule has 0 aliphatic heterocycles. The van der Waals surface area contributed by atoms with Crippen molar-refractivity contribution in [2.45, 2.75) is 26.7 Å². The lowest BCUT2D eigenvalue weighted by atomic mass is 10.2. The van der Waals surface area contributed by atoms with Crippen LogP contribution in [0, 0.1) is 13.8 Å². The Morgan fingerprint density at radius 2 is 1.60 bits per heavy atom. The van der Waals surface area contributed by atoms with Crippen LogP contribution in [0.5, 0.6) is 0 Å². The fraction of sp³-hybridized carbons (Fsp3) is 0.500. The Morgan fingerprint density at radius 1 is 1.00 bits per heavy atom. The van der Waals surface area contributed by atoms with E-state index < -0.39 is 0 Å². The zero-order valence-electron chi connectivity index (χ0n) is 15.4. The highest BCUT2D eigenvalue weighted by Crippen LogP contribution is 2.25. The molecule has 0 bridgehead atoms. The Hall–Kier alpha value is -1.83. The van der Waals surface area contributed by atoms with Crippen molar-refractivity contribution in [3.63, 3.8) is 0 Å². The minimum absolute atomic E-state index is 0.697. The van der Waals surface area contributed by atoms with Crippen LogP contribution >= 0.6 is 11.3 Å². The number of aryl methyl sites for hydroxylation is 1. The minimum Gasteiger partial charge on any atom is -0.371 e. The number of azo groups is 1. The van der Waals surface area contributed by atoms with Gasteiger partial charge in [0.2, 0.25) is 0 Å². The number of nitrogens with zero attached hydrogens (tertiary/aromatic N) is 4. The number of rotatable bonds is 9. The van der Waals surface area contributed by atoms with Crippen molar-refractivity contribution < 1.29 is 4.57 Å². The highest BCUT2D eigenvalue weighted by atomic mass is 32.1. The summed E-state index contributed by atoms with van der Waals surface area (Å²) in [6.45, 7) is 7.48. The molecule has 0 amide bonds. The van der Waals surface area contributed by atoms with Crippen molar-refractivity contribution in [1.29, 1.82) is 0 Å². The fourth-order valence-electron chi connectivity index (χ4n) is 2.51. The number of benzene rings is 1. The Balaban J connectivity index is 2.09. The van der Waals surface area contributed by atoms with Gasteiger partial charge in [-0.3, -0.25) is 0 Å². The summed E-state index contributed by atoms with van der Waals surface area (Å²) < 4.78 is 2.07. The van der Waals surface area contributed by atoms with E-state index in [2.05, 4.69) is 45.7 Å². The first-order chi connectivity index (χ1) is 12.1. The third-order valence-corrected chi connectivity index (χ3v) is 5.41. The lowest BCUT2D eigenvalue weighted by Gasteiger charge is -2.24. The van der Waals surface area contributed by atoms with Gasteiger partial charge in [0.25, 0.3) is 0 Å². The van der Waals surface area contributed by atoms with Crippen molar-refractivity contribution in [3.8, 4) is 0 Å². The van der Waals surface area contributed by atoms with Crippen molar-refractivity contribution in [1.82, 2.24) is 0 Å². The Kier molecular flexibility index (Phi) is 7.49. The number of nitrogens with two attached hydrogens (primary N) is 2. The van der Waals surface area contributed by atoms with Crippen LogP contribution in [0.4, 0.5) is 16.5 Å². The zero-order valence-corrected chi connectivity index (χ0v) is 16.2. The second-order valence-electron chi connectivity index (χ2n) is 6.07. The third-order valence-electron chi connectivity index (χ3n) is 4.27. The summed E-state index contributed by atoms with van der Waals surface area (Å²) in [6.07, 6.45) is 1.94. The van der Waals surface area contributed by atoms with Gasteiger partial charge in [-0.2, -0.15) is 0 Å². The van der Waals surface area contributed by atoms with Crippen molar-refractivity contribution in [2.24, 2.45) is 28.7 Å². The highest BCUT2D eigenvalue weighted by Gasteiger charge is 2.16. The maximum atomic E-state index is 5.65. The normalized spacial score (nSPS) is 11.4. The summed E-state index contributed by atoms with van der Waals surface area (Å²) in [6, 6.07) is 8.19. The summed E-state index contributed by atoms with van der Waals surface area (Å²) in [5.74, 6) is 0. The highest BCUT2D eigenvalue weighted by molar-refractivity contribution is 7.14. The van der Waals surface area contributed by atoms with E-state index in [-0.39, 0.29) is 0 Å². The number of aromatic nitrogens is 1. The summed E-state index contributed by atoms with van der Waals surface area (Å²) >= 11 is 1.66. The maximum absolute atomic E-state index is 5.65. The van der Waals surface area contributed by atoms with E-state index in [1.54, 1.807) is 11.3 Å². The van der Waals surface area contributed by atoms with Gasteiger partial charge in [-0.1, -0.05) is 0 Å². The molecule has 0 radical (unpaired) electrons. The average Bonchev–Trinajstić information content (AvgIpc) is 2.87. The van der Waals surface area contributed by atoms with Crippen LogP contribution in [-0.2, 0) is 7.05 Å². The molecule has 0 saturated heterocycles. The third kappa shape index (κ3) is 5.32. The molecule has 0 fully saturated rings. The SMILES string of the molecule is Cc1sc(N=Nc2ccc(N(CCCN)CCCN)cc2)[n+](C)c1C. The van der Waals surface area contributed by atoms with E-state index in [9.17, 15) is 0 Å². The Labute approximate surface area is 154 Å². The molecule has 0 unspecified atom stereocenters. The predicted molar refractivity (Wildman–Crippen MR) is 105 cm³/mol. The van der Waals surface area contributed by atoms with E-state index in [4.69, 9.17) is 11.5 Å². The van der Waals surface area contributed by atoms with E-state index in [0.717, 1.165) is 36.8 Å². The standard InChI is InChI=1S/C18H29N6S/c1-14-15(2)25-18(23(14)3)22-21-16-6-8-17(9-7-16)24(12-4-10-19)13-5-11-20/h6-9H,4-5,10-13,19-20H2,1-3H3/q+1. The first-order valence-corrected chi connectivity index (χ1v) is 9.51. The summed E-state index contributed by atoms with van der Waals surface area (Å²) in [5.41, 5.74) is 14.5. The molecule has 0 atom stereocenters. The summed E-state index contributed by atoms with van der Waals surface area (Å²) in [7, 11) is 2.02. The monoisotopic (exact) mass is 361 g/mol. The molecule has 1 heterocycles. The lowest BCUT2D eigenvalue weighted by Crippen LogP contribution is -2.28. The van der Waals surface area contributed by atoms with Gasteiger partial charge in [0, 0.05) is 18.8 Å². The van der Waals surface area contributed by atoms with Crippen LogP contribution in [-0.4, -0.2) is 26.2 Å². The number of hydrogen-bond donors (Lipinski definition) is 2. The Bertz CT molecular complexity index is 684. The summed E-state index contributed by atoms with van der Waals surface area (Å²) in [4.78, 5) is 3.59. The van der Waals surface area contributed by atoms with Gasteiger partial charge in [0.1, 0.15) is 11.4 Å². The fourth-order valence-corrected chi connectivity index (χ4v) is 3.43. The predicted octanol–water partition coefficient (Wildman–Crippen LogP) is 3.11. The van der Waals surface area contributed by atoms with Crippen molar-refractivity contribution in [2.75, 3.05) is 31.1 Å². The molecule has 6 nitrogen and oxygen atoms in total. The maximum Gasteiger partial charge on any atom is 0.408 e. The molecular weight excluding hydrogens is 332 g/mol. The van der Waals surface area contributed by atoms with Crippen LogP contribution in [0.1, 0.15) is 23.4 Å². The van der Waals surface area contributed by atoms with E-state index in [0.29, 0.717) is 13.1 Å². The molecule has 0 spiro atoms. The Morgan fingerprint density at radius 3 is 2.08 bits per heavy atom. The van der Waals surface area contributed by atoms with E-state index in [1.807, 2.05) is 19.2 Å². The van der Waals surface area contributed by atoms with Crippen LogP contribution in [0.15, 0.2) is 34.5 Å². The second-order valence-corrected chi connectivity index (χ2v) is 7.25. The second kappa shape index (κ2) is 9.60. The van der Waals surface area contributed by atoms with E-state index in [1.165, 1.54) is 16.3 Å². The van der Waals surface area contributed by atoms with Crippen molar-refractivity contribution in [3.05, 3.63) is 34.8 Å². The van der Waals surface area contributed by atoms with Crippen molar-refractivity contribution >= 4 is 27.8 Å². The number of hydrogen-bond acceptors (Lipinski definition) is 6. The first-order valence-electron chi connectivity index (χ1n) is 8.69. The average molecular weight is 362 g/mol. The molecule has 4 N–H and O–H groups in total. The molecule has 1 aromatic carbocycles. The van der Waals surface area contributed by atoms with Crippen LogP contribution in [0.25, 0.3) is 0 Å². The van der Waals surface area contributed by atoms with Gasteiger partial charge in [-0.05, 0) is 80.5 Å². The number of thiazole rings is 1. The topological polar surface area (TPSA) is 83.9 Å². The molecule has 0 saturated carbocycles. The lowest BCUT2D eigenvalue weighted by molar-refractivity contribution is -0.660. The summed E-state index contributed by atoms with van der Waals surface area (Å²) in [5, 5.41) is 9.67. The molecule has 1 aromatic heterocycles. The van der Waals surface area contributed by atoms with Crippen LogP contribution < -0.4 is 20.9 Å². The zero-order chi connectivity index (χ0) is 18.2. The minimum atomic E-state index is 0.697. The molecule has 0 aliphatic carbocycles. The molecule has 7 heteroatoms. The molecule has 25 heavy (non-hydrogen) atoms. The molecule has 136 valence electrons. The van der Waals surface area contributed by atoms with Gasteiger partial charge in [0.15, 0.2) is 0 Å². The first kappa shape index (κ1) is 19.5. The largest absolute Gasteiger partial charge is 0.408 e. The molecule has 2 aromatic rings. The molecule has 2 rings (SSSR count). The molecular formula is C18H29N6S+. The van der Waals surface area contributed by atoms with Crippen LogP contribution in [0.2, 0.25) is 0 Å². The van der Waals surface area contributed by atoms with Crippen LogP contribution in [0.3, 0.4) is 0 Å². The smallest absolute Gasteiger partial charge is 0.371 e. The van der Waals surface area contributed by atoms with Gasteiger partial charge in [0.05, 0.1) is 17.0 Å². The van der Waals surface area contributed by atoms with Gasteiger partial charge in [-0.15, -0.1) is 0 Å². The quantitative estimate of drug-likeness (QED) is 0.532. The van der Waals surface area contributed by atoms with E-state index >= 15 is 0 Å². The van der Waals surface area contributed by atoms with Gasteiger partial charge in [-0.25, -0.2) is 4.57 Å². The van der Waals surface area contributed by atoms with Gasteiger partial charge >= 0.3 is 5.13 Å².